The van der Waals surface area contributed by atoms with Crippen LogP contribution in [0, 0.1) is 16.0 Å². The number of rotatable bonds is 4. The minimum atomic E-state index is -0.595. The number of nitrogens with zero attached hydrogens (tertiary/aromatic N) is 2. The monoisotopic (exact) mass is 374 g/mol. The molecule has 2 fully saturated rings. The van der Waals surface area contributed by atoms with E-state index >= 15 is 0 Å². The number of nitrogen functional groups attached to an aromatic ring is 1. The van der Waals surface area contributed by atoms with Crippen molar-refractivity contribution in [2.75, 3.05) is 18.8 Å². The molecule has 0 radical (unpaired) electrons. The molecule has 1 aliphatic heterocycles. The number of carbonyl (C=O) groups excluding carboxylic acids is 2. The minimum Gasteiger partial charge on any atom is -0.393 e. The van der Waals surface area contributed by atoms with Crippen molar-refractivity contribution in [1.82, 2.24) is 10.2 Å². The second-order valence-corrected chi connectivity index (χ2v) is 7.46. The summed E-state index contributed by atoms with van der Waals surface area (Å²) in [5, 5.41) is 14.2. The fourth-order valence-corrected chi connectivity index (χ4v) is 3.96. The highest BCUT2D eigenvalue weighted by atomic mass is 16.6. The number of hydrogen-bond acceptors (Lipinski definition) is 5. The summed E-state index contributed by atoms with van der Waals surface area (Å²) in [5.74, 6) is -0.510. The van der Waals surface area contributed by atoms with Gasteiger partial charge in [-0.05, 0) is 37.8 Å². The third kappa shape index (κ3) is 4.56. The first-order chi connectivity index (χ1) is 13.0. The molecule has 0 bridgehead atoms. The van der Waals surface area contributed by atoms with Crippen molar-refractivity contribution in [3.63, 3.8) is 0 Å². The van der Waals surface area contributed by atoms with Crippen molar-refractivity contribution in [3.05, 3.63) is 33.9 Å². The number of benzene rings is 1. The lowest BCUT2D eigenvalue weighted by atomic mass is 9.92. The van der Waals surface area contributed by atoms with E-state index < -0.39 is 4.92 Å². The standard InChI is InChI=1S/C19H26N4O4/c20-16-9-8-13(11-17(16)23(26)27)19(25)22-10-4-5-14(12-22)18(24)21-15-6-2-1-3-7-15/h8-9,11,14-15H,1-7,10,12,20H2,(H,21,24). The summed E-state index contributed by atoms with van der Waals surface area (Å²) in [6.07, 6.45) is 7.07. The van der Waals surface area contributed by atoms with Crippen LogP contribution < -0.4 is 11.1 Å². The molecule has 146 valence electrons. The molecule has 1 aliphatic carbocycles. The summed E-state index contributed by atoms with van der Waals surface area (Å²) >= 11 is 0. The number of nitrogens with two attached hydrogens (primary N) is 1. The summed E-state index contributed by atoms with van der Waals surface area (Å²) in [4.78, 5) is 37.5. The van der Waals surface area contributed by atoms with Crippen LogP contribution in [0.25, 0.3) is 0 Å². The van der Waals surface area contributed by atoms with Crippen molar-refractivity contribution < 1.29 is 14.5 Å². The van der Waals surface area contributed by atoms with Gasteiger partial charge in [0.25, 0.3) is 11.6 Å². The molecular formula is C19H26N4O4. The summed E-state index contributed by atoms with van der Waals surface area (Å²) in [5.41, 5.74) is 5.58. The minimum absolute atomic E-state index is 0.0164. The van der Waals surface area contributed by atoms with Gasteiger partial charge in [-0.25, -0.2) is 0 Å². The molecule has 1 saturated heterocycles. The van der Waals surface area contributed by atoms with Gasteiger partial charge < -0.3 is 16.0 Å². The number of nitro benzene ring substituents is 1. The molecule has 8 nitrogen and oxygen atoms in total. The Morgan fingerprint density at radius 2 is 1.89 bits per heavy atom. The van der Waals surface area contributed by atoms with E-state index in [4.69, 9.17) is 5.73 Å². The Morgan fingerprint density at radius 1 is 1.15 bits per heavy atom. The van der Waals surface area contributed by atoms with Gasteiger partial charge in [0.1, 0.15) is 5.69 Å². The summed E-state index contributed by atoms with van der Waals surface area (Å²) in [6, 6.07) is 4.33. The molecule has 1 heterocycles. The first-order valence-corrected chi connectivity index (χ1v) is 9.59. The van der Waals surface area contributed by atoms with Crippen LogP contribution in [-0.2, 0) is 4.79 Å². The SMILES string of the molecule is Nc1ccc(C(=O)N2CCCC(C(=O)NC3CCCCC3)C2)cc1[N+](=O)[O-]. The third-order valence-corrected chi connectivity index (χ3v) is 5.51. The molecule has 1 atom stereocenters. The highest BCUT2D eigenvalue weighted by molar-refractivity contribution is 5.96. The lowest BCUT2D eigenvalue weighted by Crippen LogP contribution is -2.47. The first-order valence-electron chi connectivity index (χ1n) is 9.59. The second kappa shape index (κ2) is 8.37. The Labute approximate surface area is 158 Å². The third-order valence-electron chi connectivity index (χ3n) is 5.51. The van der Waals surface area contributed by atoms with Gasteiger partial charge in [0.15, 0.2) is 0 Å². The molecule has 8 heteroatoms. The zero-order valence-corrected chi connectivity index (χ0v) is 15.4. The van der Waals surface area contributed by atoms with Crippen LogP contribution in [-0.4, -0.2) is 40.8 Å². The quantitative estimate of drug-likeness (QED) is 0.477. The van der Waals surface area contributed by atoms with Crippen molar-refractivity contribution in [3.8, 4) is 0 Å². The van der Waals surface area contributed by atoms with Crippen LogP contribution in [0.2, 0.25) is 0 Å². The number of nitrogens with one attached hydrogen (secondary N) is 1. The molecular weight excluding hydrogens is 348 g/mol. The van der Waals surface area contributed by atoms with Crippen molar-refractivity contribution >= 4 is 23.2 Å². The molecule has 3 N–H and O–H groups in total. The van der Waals surface area contributed by atoms with Gasteiger partial charge >= 0.3 is 0 Å². The zero-order valence-electron chi connectivity index (χ0n) is 15.4. The van der Waals surface area contributed by atoms with Gasteiger partial charge in [0.2, 0.25) is 5.91 Å². The van der Waals surface area contributed by atoms with Crippen LogP contribution in [0.4, 0.5) is 11.4 Å². The smallest absolute Gasteiger partial charge is 0.292 e. The maximum Gasteiger partial charge on any atom is 0.292 e. The van der Waals surface area contributed by atoms with Crippen LogP contribution in [0.5, 0.6) is 0 Å². The molecule has 27 heavy (non-hydrogen) atoms. The van der Waals surface area contributed by atoms with E-state index in [-0.39, 0.29) is 40.7 Å². The number of amides is 2. The summed E-state index contributed by atoms with van der Waals surface area (Å²) in [6.45, 7) is 0.889. The van der Waals surface area contributed by atoms with Crippen molar-refractivity contribution in [2.45, 2.75) is 51.0 Å². The molecule has 1 aromatic rings. The van der Waals surface area contributed by atoms with E-state index in [0.717, 1.165) is 38.5 Å². The maximum absolute atomic E-state index is 12.8. The molecule has 1 unspecified atom stereocenters. The number of likely N-dealkylation sites (tertiary alicyclic amines) is 1. The lowest BCUT2D eigenvalue weighted by Gasteiger charge is -2.33. The Bertz CT molecular complexity index is 730. The van der Waals surface area contributed by atoms with Gasteiger partial charge in [-0.15, -0.1) is 0 Å². The van der Waals surface area contributed by atoms with Crippen molar-refractivity contribution in [1.29, 1.82) is 0 Å². The molecule has 1 aromatic carbocycles. The number of piperidine rings is 1. The van der Waals surface area contributed by atoms with E-state index in [0.29, 0.717) is 13.1 Å². The molecule has 0 aromatic heterocycles. The molecule has 3 rings (SSSR count). The van der Waals surface area contributed by atoms with E-state index in [1.165, 1.54) is 24.6 Å². The summed E-state index contributed by atoms with van der Waals surface area (Å²) in [7, 11) is 0. The normalized spacial score (nSPS) is 20.9. The van der Waals surface area contributed by atoms with E-state index in [1.807, 2.05) is 0 Å². The van der Waals surface area contributed by atoms with Crippen molar-refractivity contribution in [2.24, 2.45) is 5.92 Å². The molecule has 2 amide bonds. The highest BCUT2D eigenvalue weighted by Crippen LogP contribution is 2.25. The fourth-order valence-electron chi connectivity index (χ4n) is 3.96. The largest absolute Gasteiger partial charge is 0.393 e. The Hall–Kier alpha value is -2.64. The zero-order chi connectivity index (χ0) is 19.4. The van der Waals surface area contributed by atoms with E-state index in [2.05, 4.69) is 5.32 Å². The average molecular weight is 374 g/mol. The van der Waals surface area contributed by atoms with Gasteiger partial charge in [-0.2, -0.15) is 0 Å². The first kappa shape index (κ1) is 19.1. The predicted octanol–water partition coefficient (Wildman–Crippen LogP) is 2.48. The number of nitro groups is 1. The molecule has 1 saturated carbocycles. The van der Waals surface area contributed by atoms with Gasteiger partial charge in [-0.1, -0.05) is 19.3 Å². The highest BCUT2D eigenvalue weighted by Gasteiger charge is 2.30. The van der Waals surface area contributed by atoms with Crippen LogP contribution in [0.1, 0.15) is 55.3 Å². The van der Waals surface area contributed by atoms with Gasteiger partial charge in [0, 0.05) is 30.8 Å². The number of anilines is 1. The Balaban J connectivity index is 1.65. The Morgan fingerprint density at radius 3 is 2.59 bits per heavy atom. The number of hydrogen-bond donors (Lipinski definition) is 2. The second-order valence-electron chi connectivity index (χ2n) is 7.46. The molecule has 2 aliphatic rings. The van der Waals surface area contributed by atoms with Gasteiger partial charge in [0.05, 0.1) is 10.8 Å². The lowest BCUT2D eigenvalue weighted by molar-refractivity contribution is -0.383. The maximum atomic E-state index is 12.8. The average Bonchev–Trinajstić information content (AvgIpc) is 2.68. The van der Waals surface area contributed by atoms with Gasteiger partial charge in [-0.3, -0.25) is 19.7 Å². The van der Waals surface area contributed by atoms with E-state index in [9.17, 15) is 19.7 Å². The van der Waals surface area contributed by atoms with Crippen LogP contribution >= 0.6 is 0 Å². The fraction of sp³-hybridized carbons (Fsp3) is 0.579. The Kier molecular flexibility index (Phi) is 5.93. The van der Waals surface area contributed by atoms with Crippen LogP contribution in [0.3, 0.4) is 0 Å². The summed E-state index contributed by atoms with van der Waals surface area (Å²) < 4.78 is 0. The predicted molar refractivity (Wildman–Crippen MR) is 101 cm³/mol. The van der Waals surface area contributed by atoms with Crippen LogP contribution in [0.15, 0.2) is 18.2 Å². The molecule has 0 spiro atoms. The van der Waals surface area contributed by atoms with E-state index in [1.54, 1.807) is 4.90 Å². The number of carbonyl (C=O) groups is 2. The topological polar surface area (TPSA) is 119 Å².